The van der Waals surface area contributed by atoms with Crippen LogP contribution in [0.15, 0.2) is 0 Å². The molecule has 2 rings (SSSR count). The Hall–Kier alpha value is -1.69. The minimum absolute atomic E-state index is 0.119. The molecule has 1 aromatic rings. The molecule has 1 fully saturated rings. The Labute approximate surface area is 112 Å². The van der Waals surface area contributed by atoms with Crippen molar-refractivity contribution in [3.63, 3.8) is 0 Å². The number of ether oxygens (including phenoxy) is 1. The molecule has 0 saturated carbocycles. The summed E-state index contributed by atoms with van der Waals surface area (Å²) in [6.07, 6.45) is 2.45. The number of hydrogen-bond donors (Lipinski definition) is 1. The largest absolute Gasteiger partial charge is 0.477 e. The molecule has 6 nitrogen and oxygen atoms in total. The van der Waals surface area contributed by atoms with Crippen LogP contribution in [-0.4, -0.2) is 52.4 Å². The van der Waals surface area contributed by atoms with E-state index >= 15 is 0 Å². The number of aromatic carboxylic acids is 1. The van der Waals surface area contributed by atoms with Crippen LogP contribution in [-0.2, 0) is 0 Å². The SMILES string of the molecule is Cc1nnc(OCCN2CCCC2)c(C(=O)O)c1C. The summed E-state index contributed by atoms with van der Waals surface area (Å²) in [6.45, 7) is 6.89. The molecule has 0 aromatic carbocycles. The first kappa shape index (κ1) is 13.7. The fraction of sp³-hybridized carbons (Fsp3) is 0.615. The topological polar surface area (TPSA) is 75.6 Å². The maximum Gasteiger partial charge on any atom is 0.341 e. The van der Waals surface area contributed by atoms with E-state index in [0.29, 0.717) is 17.9 Å². The minimum atomic E-state index is -1.02. The lowest BCUT2D eigenvalue weighted by Gasteiger charge is -2.15. The molecule has 2 heterocycles. The zero-order chi connectivity index (χ0) is 13.8. The number of carboxylic acid groups (broad SMARTS) is 1. The fourth-order valence-corrected chi connectivity index (χ4v) is 2.22. The van der Waals surface area contributed by atoms with Crippen molar-refractivity contribution < 1.29 is 14.6 Å². The maximum atomic E-state index is 11.3. The van der Waals surface area contributed by atoms with Crippen molar-refractivity contribution in [1.29, 1.82) is 0 Å². The molecule has 104 valence electrons. The van der Waals surface area contributed by atoms with Gasteiger partial charge in [0.05, 0.1) is 5.69 Å². The van der Waals surface area contributed by atoms with Crippen molar-refractivity contribution in [3.8, 4) is 5.88 Å². The average Bonchev–Trinajstić information content (AvgIpc) is 2.86. The van der Waals surface area contributed by atoms with Crippen LogP contribution >= 0.6 is 0 Å². The molecule has 6 heteroatoms. The summed E-state index contributed by atoms with van der Waals surface area (Å²) in [5.74, 6) is -0.901. The molecule has 0 unspecified atom stereocenters. The highest BCUT2D eigenvalue weighted by Gasteiger charge is 2.19. The van der Waals surface area contributed by atoms with Gasteiger partial charge in [-0.1, -0.05) is 0 Å². The highest BCUT2D eigenvalue weighted by molar-refractivity contribution is 5.91. The molecule has 1 saturated heterocycles. The number of hydrogen-bond acceptors (Lipinski definition) is 5. The van der Waals surface area contributed by atoms with Crippen LogP contribution in [0.25, 0.3) is 0 Å². The van der Waals surface area contributed by atoms with E-state index in [1.807, 2.05) is 0 Å². The number of nitrogens with zero attached hydrogens (tertiary/aromatic N) is 3. The average molecular weight is 265 g/mol. The van der Waals surface area contributed by atoms with Gasteiger partial charge in [0.1, 0.15) is 12.2 Å². The number of likely N-dealkylation sites (tertiary alicyclic amines) is 1. The highest BCUT2D eigenvalue weighted by atomic mass is 16.5. The lowest BCUT2D eigenvalue weighted by Crippen LogP contribution is -2.25. The molecule has 1 aliphatic heterocycles. The van der Waals surface area contributed by atoms with Crippen LogP contribution in [0.1, 0.15) is 34.5 Å². The van der Waals surface area contributed by atoms with Crippen LogP contribution < -0.4 is 4.74 Å². The zero-order valence-electron chi connectivity index (χ0n) is 11.3. The molecule has 1 aromatic heterocycles. The second-order valence-corrected chi connectivity index (χ2v) is 4.79. The lowest BCUT2D eigenvalue weighted by molar-refractivity contribution is 0.0689. The smallest absolute Gasteiger partial charge is 0.341 e. The second-order valence-electron chi connectivity index (χ2n) is 4.79. The summed E-state index contributed by atoms with van der Waals surface area (Å²) >= 11 is 0. The van der Waals surface area contributed by atoms with Crippen LogP contribution in [0.4, 0.5) is 0 Å². The molecular weight excluding hydrogens is 246 g/mol. The van der Waals surface area contributed by atoms with Gasteiger partial charge in [-0.3, -0.25) is 4.90 Å². The number of aromatic nitrogens is 2. The van der Waals surface area contributed by atoms with Gasteiger partial charge in [0.15, 0.2) is 0 Å². The number of rotatable bonds is 5. The second kappa shape index (κ2) is 5.97. The Morgan fingerprint density at radius 1 is 1.32 bits per heavy atom. The van der Waals surface area contributed by atoms with E-state index < -0.39 is 5.97 Å². The summed E-state index contributed by atoms with van der Waals surface area (Å²) in [5, 5.41) is 17.0. The Morgan fingerprint density at radius 2 is 2.00 bits per heavy atom. The van der Waals surface area contributed by atoms with Crippen molar-refractivity contribution in [1.82, 2.24) is 15.1 Å². The monoisotopic (exact) mass is 265 g/mol. The first-order valence-corrected chi connectivity index (χ1v) is 6.52. The molecule has 0 atom stereocenters. The van der Waals surface area contributed by atoms with E-state index in [1.54, 1.807) is 13.8 Å². The zero-order valence-corrected chi connectivity index (χ0v) is 11.3. The molecule has 1 aliphatic rings. The van der Waals surface area contributed by atoms with Gasteiger partial charge in [-0.25, -0.2) is 4.79 Å². The van der Waals surface area contributed by atoms with Gasteiger partial charge in [-0.15, -0.1) is 5.10 Å². The van der Waals surface area contributed by atoms with E-state index in [-0.39, 0.29) is 11.4 Å². The molecule has 1 N–H and O–H groups in total. The summed E-state index contributed by atoms with van der Waals surface area (Å²) in [6, 6.07) is 0. The van der Waals surface area contributed by atoms with E-state index in [2.05, 4.69) is 15.1 Å². The summed E-state index contributed by atoms with van der Waals surface area (Å²) in [5.41, 5.74) is 1.34. The van der Waals surface area contributed by atoms with E-state index in [4.69, 9.17) is 4.74 Å². The van der Waals surface area contributed by atoms with Gasteiger partial charge in [-0.05, 0) is 45.3 Å². The third-order valence-electron chi connectivity index (χ3n) is 3.48. The standard InChI is InChI=1S/C13H19N3O3/c1-9-10(2)14-15-12(11(9)13(17)18)19-8-7-16-5-3-4-6-16/h3-8H2,1-2H3,(H,17,18). The maximum absolute atomic E-state index is 11.3. The van der Waals surface area contributed by atoms with Gasteiger partial charge < -0.3 is 9.84 Å². The van der Waals surface area contributed by atoms with Crippen molar-refractivity contribution in [2.45, 2.75) is 26.7 Å². The van der Waals surface area contributed by atoms with E-state index in [9.17, 15) is 9.90 Å². The Kier molecular flexibility index (Phi) is 4.31. The van der Waals surface area contributed by atoms with Crippen molar-refractivity contribution in [2.24, 2.45) is 0 Å². The van der Waals surface area contributed by atoms with Gasteiger partial charge >= 0.3 is 5.97 Å². The van der Waals surface area contributed by atoms with Crippen LogP contribution in [0.5, 0.6) is 5.88 Å². The number of carboxylic acids is 1. The molecule has 0 radical (unpaired) electrons. The van der Waals surface area contributed by atoms with Gasteiger partial charge in [0, 0.05) is 6.54 Å². The van der Waals surface area contributed by atoms with Gasteiger partial charge in [0.2, 0.25) is 5.88 Å². The van der Waals surface area contributed by atoms with Crippen LogP contribution in [0.2, 0.25) is 0 Å². The third-order valence-corrected chi connectivity index (χ3v) is 3.48. The number of aryl methyl sites for hydroxylation is 1. The quantitative estimate of drug-likeness (QED) is 0.864. The normalized spacial score (nSPS) is 15.7. The van der Waals surface area contributed by atoms with Crippen LogP contribution in [0.3, 0.4) is 0 Å². The van der Waals surface area contributed by atoms with Crippen LogP contribution in [0, 0.1) is 13.8 Å². The molecular formula is C13H19N3O3. The van der Waals surface area contributed by atoms with Crippen molar-refractivity contribution in [3.05, 3.63) is 16.8 Å². The van der Waals surface area contributed by atoms with Crippen molar-refractivity contribution in [2.75, 3.05) is 26.2 Å². The highest BCUT2D eigenvalue weighted by Crippen LogP contribution is 2.20. The number of carbonyl (C=O) groups is 1. The molecule has 0 amide bonds. The third kappa shape index (κ3) is 3.20. The Bertz CT molecular complexity index is 470. The first-order valence-electron chi connectivity index (χ1n) is 6.52. The minimum Gasteiger partial charge on any atom is -0.477 e. The Balaban J connectivity index is 2.02. The van der Waals surface area contributed by atoms with Gasteiger partial charge in [0.25, 0.3) is 0 Å². The molecule has 0 bridgehead atoms. The van der Waals surface area contributed by atoms with Gasteiger partial charge in [-0.2, -0.15) is 5.10 Å². The summed E-state index contributed by atoms with van der Waals surface area (Å²) in [7, 11) is 0. The fourth-order valence-electron chi connectivity index (χ4n) is 2.22. The van der Waals surface area contributed by atoms with E-state index in [1.165, 1.54) is 12.8 Å². The molecule has 0 aliphatic carbocycles. The molecule has 19 heavy (non-hydrogen) atoms. The van der Waals surface area contributed by atoms with Crippen molar-refractivity contribution >= 4 is 5.97 Å². The predicted molar refractivity (Wildman–Crippen MR) is 69.6 cm³/mol. The lowest BCUT2D eigenvalue weighted by atomic mass is 10.1. The summed E-state index contributed by atoms with van der Waals surface area (Å²) < 4.78 is 5.50. The molecule has 0 spiro atoms. The van der Waals surface area contributed by atoms with E-state index in [0.717, 1.165) is 19.6 Å². The first-order chi connectivity index (χ1) is 9.09. The Morgan fingerprint density at radius 3 is 2.63 bits per heavy atom. The predicted octanol–water partition coefficient (Wildman–Crippen LogP) is 1.27. The summed E-state index contributed by atoms with van der Waals surface area (Å²) in [4.78, 5) is 13.6.